The molecule has 0 bridgehead atoms. The highest BCUT2D eigenvalue weighted by molar-refractivity contribution is 8.00. The van der Waals surface area contributed by atoms with E-state index in [9.17, 15) is 4.79 Å². The predicted octanol–water partition coefficient (Wildman–Crippen LogP) is 3.47. The van der Waals surface area contributed by atoms with Gasteiger partial charge in [0, 0.05) is 11.3 Å². The van der Waals surface area contributed by atoms with E-state index < -0.39 is 0 Å². The van der Waals surface area contributed by atoms with Crippen LogP contribution in [0, 0.1) is 5.92 Å². The van der Waals surface area contributed by atoms with Crippen molar-refractivity contribution in [3.63, 3.8) is 0 Å². The monoisotopic (exact) mass is 293 g/mol. The molecule has 1 atom stereocenters. The molecule has 20 heavy (non-hydrogen) atoms. The van der Waals surface area contributed by atoms with Crippen molar-refractivity contribution in [3.05, 3.63) is 12.3 Å². The van der Waals surface area contributed by atoms with Gasteiger partial charge in [-0.15, -0.1) is 11.8 Å². The molecule has 5 heteroatoms. The highest BCUT2D eigenvalue weighted by Crippen LogP contribution is 2.40. The molecule has 0 saturated heterocycles. The zero-order valence-electron chi connectivity index (χ0n) is 12.0. The molecule has 2 saturated carbocycles. The molecule has 1 aromatic heterocycles. The van der Waals surface area contributed by atoms with Gasteiger partial charge >= 0.3 is 0 Å². The van der Waals surface area contributed by atoms with Gasteiger partial charge in [0.25, 0.3) is 0 Å². The molecular weight excluding hydrogens is 270 g/mol. The van der Waals surface area contributed by atoms with Crippen LogP contribution in [0.25, 0.3) is 0 Å². The zero-order chi connectivity index (χ0) is 13.9. The van der Waals surface area contributed by atoms with E-state index in [0.29, 0.717) is 17.0 Å². The quantitative estimate of drug-likeness (QED) is 0.873. The van der Waals surface area contributed by atoms with E-state index in [-0.39, 0.29) is 5.91 Å². The second-order valence-electron chi connectivity index (χ2n) is 6.00. The number of aromatic nitrogens is 2. The number of anilines is 1. The van der Waals surface area contributed by atoms with Crippen molar-refractivity contribution in [2.45, 2.75) is 56.7 Å². The van der Waals surface area contributed by atoms with E-state index in [1.165, 1.54) is 38.5 Å². The standard InChI is InChI=1S/C15H23N3OS/c1-11(12-6-7-12)18-14(8-9-16-18)17-15(19)10-20-13-4-2-3-5-13/h8-9,11-13H,2-7,10H2,1H3,(H,17,19). The molecule has 1 heterocycles. The fourth-order valence-corrected chi connectivity index (χ4v) is 4.07. The normalized spacial score (nSPS) is 21.1. The van der Waals surface area contributed by atoms with E-state index in [0.717, 1.165) is 11.7 Å². The van der Waals surface area contributed by atoms with Crippen molar-refractivity contribution in [2.24, 2.45) is 5.92 Å². The molecule has 110 valence electrons. The van der Waals surface area contributed by atoms with Crippen LogP contribution in [0.1, 0.15) is 51.5 Å². The third-order valence-electron chi connectivity index (χ3n) is 4.38. The predicted molar refractivity (Wildman–Crippen MR) is 83.0 cm³/mol. The van der Waals surface area contributed by atoms with Crippen LogP contribution in [0.4, 0.5) is 5.82 Å². The highest BCUT2D eigenvalue weighted by Gasteiger charge is 2.30. The molecule has 2 aliphatic carbocycles. The number of nitrogens with zero attached hydrogens (tertiary/aromatic N) is 2. The fourth-order valence-electron chi connectivity index (χ4n) is 2.94. The van der Waals surface area contributed by atoms with E-state index >= 15 is 0 Å². The lowest BCUT2D eigenvalue weighted by atomic mass is 10.2. The molecule has 0 aliphatic heterocycles. The van der Waals surface area contributed by atoms with Crippen LogP contribution in [0.15, 0.2) is 12.3 Å². The Hall–Kier alpha value is -0.970. The molecule has 1 amide bonds. The Morgan fingerprint density at radius 2 is 2.20 bits per heavy atom. The van der Waals surface area contributed by atoms with Gasteiger partial charge in [0.15, 0.2) is 0 Å². The Kier molecular flexibility index (Phi) is 4.34. The van der Waals surface area contributed by atoms with Crippen molar-refractivity contribution in [3.8, 4) is 0 Å². The number of hydrogen-bond acceptors (Lipinski definition) is 3. The maximum Gasteiger partial charge on any atom is 0.235 e. The van der Waals surface area contributed by atoms with E-state index in [1.807, 2.05) is 10.7 Å². The summed E-state index contributed by atoms with van der Waals surface area (Å²) < 4.78 is 1.97. The van der Waals surface area contributed by atoms with Crippen molar-refractivity contribution >= 4 is 23.5 Å². The average Bonchev–Trinajstić information content (AvgIpc) is 2.97. The van der Waals surface area contributed by atoms with Crippen LogP contribution in [0.2, 0.25) is 0 Å². The highest BCUT2D eigenvalue weighted by atomic mass is 32.2. The first kappa shape index (κ1) is 14.0. The smallest absolute Gasteiger partial charge is 0.235 e. The average molecular weight is 293 g/mol. The molecule has 4 nitrogen and oxygen atoms in total. The molecule has 1 N–H and O–H groups in total. The minimum atomic E-state index is 0.103. The van der Waals surface area contributed by atoms with E-state index in [4.69, 9.17) is 0 Å². The minimum absolute atomic E-state index is 0.103. The summed E-state index contributed by atoms with van der Waals surface area (Å²) in [6, 6.07) is 2.29. The maximum atomic E-state index is 12.1. The van der Waals surface area contributed by atoms with Crippen LogP contribution < -0.4 is 5.32 Å². The topological polar surface area (TPSA) is 46.9 Å². The number of carbonyl (C=O) groups excluding carboxylic acids is 1. The first-order valence-corrected chi connectivity index (χ1v) is 8.74. The van der Waals surface area contributed by atoms with Crippen LogP contribution >= 0.6 is 11.8 Å². The van der Waals surface area contributed by atoms with Crippen LogP contribution in [-0.2, 0) is 4.79 Å². The number of rotatable bonds is 6. The summed E-state index contributed by atoms with van der Waals surface area (Å²) in [4.78, 5) is 12.1. The first-order valence-electron chi connectivity index (χ1n) is 7.69. The molecule has 1 unspecified atom stereocenters. The lowest BCUT2D eigenvalue weighted by Gasteiger charge is -2.15. The third-order valence-corrected chi connectivity index (χ3v) is 5.75. The Balaban J connectivity index is 1.51. The summed E-state index contributed by atoms with van der Waals surface area (Å²) in [6.07, 6.45) is 9.54. The van der Waals surface area contributed by atoms with Crippen LogP contribution in [0.3, 0.4) is 0 Å². The SMILES string of the molecule is CC(C1CC1)n1nccc1NC(=O)CSC1CCCC1. The molecule has 3 rings (SSSR count). The first-order chi connectivity index (χ1) is 9.74. The van der Waals surface area contributed by atoms with Crippen molar-refractivity contribution in [2.75, 3.05) is 11.1 Å². The van der Waals surface area contributed by atoms with Gasteiger partial charge in [-0.2, -0.15) is 5.10 Å². The zero-order valence-corrected chi connectivity index (χ0v) is 12.9. The minimum Gasteiger partial charge on any atom is -0.310 e. The van der Waals surface area contributed by atoms with Gasteiger partial charge in [-0.25, -0.2) is 4.68 Å². The van der Waals surface area contributed by atoms with Gasteiger partial charge in [0.2, 0.25) is 5.91 Å². The Bertz CT molecular complexity index is 463. The third kappa shape index (κ3) is 3.37. The lowest BCUT2D eigenvalue weighted by Crippen LogP contribution is -2.20. The molecule has 2 aliphatic rings. The van der Waals surface area contributed by atoms with Crippen molar-refractivity contribution in [1.29, 1.82) is 0 Å². The Labute approximate surface area is 124 Å². The molecule has 0 spiro atoms. The summed E-state index contributed by atoms with van der Waals surface area (Å²) >= 11 is 1.81. The Morgan fingerprint density at radius 1 is 1.45 bits per heavy atom. The number of thioether (sulfide) groups is 1. The van der Waals surface area contributed by atoms with Crippen LogP contribution in [0.5, 0.6) is 0 Å². The van der Waals surface area contributed by atoms with Gasteiger partial charge in [0.1, 0.15) is 5.82 Å². The lowest BCUT2D eigenvalue weighted by molar-refractivity contribution is -0.113. The fraction of sp³-hybridized carbons (Fsp3) is 0.733. The van der Waals surface area contributed by atoms with Gasteiger partial charge in [-0.1, -0.05) is 12.8 Å². The summed E-state index contributed by atoms with van der Waals surface area (Å²) in [6.45, 7) is 2.19. The number of amides is 1. The number of nitrogens with one attached hydrogen (secondary N) is 1. The van der Waals surface area contributed by atoms with Crippen molar-refractivity contribution < 1.29 is 4.79 Å². The molecule has 1 aromatic rings. The maximum absolute atomic E-state index is 12.1. The number of carbonyl (C=O) groups is 1. The van der Waals surface area contributed by atoms with Crippen LogP contribution in [-0.4, -0.2) is 26.7 Å². The molecule has 0 aromatic carbocycles. The van der Waals surface area contributed by atoms with E-state index in [2.05, 4.69) is 17.3 Å². The second-order valence-corrected chi connectivity index (χ2v) is 7.29. The van der Waals surface area contributed by atoms with Gasteiger partial charge in [0.05, 0.1) is 18.0 Å². The van der Waals surface area contributed by atoms with Gasteiger partial charge in [-0.05, 0) is 38.5 Å². The molecule has 2 fully saturated rings. The van der Waals surface area contributed by atoms with Crippen molar-refractivity contribution in [1.82, 2.24) is 9.78 Å². The Morgan fingerprint density at radius 3 is 2.90 bits per heavy atom. The number of hydrogen-bond donors (Lipinski definition) is 1. The second kappa shape index (κ2) is 6.20. The summed E-state index contributed by atoms with van der Waals surface area (Å²) in [5.41, 5.74) is 0. The summed E-state index contributed by atoms with van der Waals surface area (Å²) in [5.74, 6) is 2.25. The van der Waals surface area contributed by atoms with Gasteiger partial charge in [-0.3, -0.25) is 4.79 Å². The largest absolute Gasteiger partial charge is 0.310 e. The summed E-state index contributed by atoms with van der Waals surface area (Å²) in [5, 5.41) is 8.07. The molecule has 0 radical (unpaired) electrons. The molecular formula is C15H23N3OS. The van der Waals surface area contributed by atoms with E-state index in [1.54, 1.807) is 18.0 Å². The summed E-state index contributed by atoms with van der Waals surface area (Å²) in [7, 11) is 0. The van der Waals surface area contributed by atoms with Gasteiger partial charge < -0.3 is 5.32 Å².